The van der Waals surface area contributed by atoms with Gasteiger partial charge in [-0.15, -0.1) is 0 Å². The number of likely N-dealkylation sites (tertiary alicyclic amines) is 1. The second-order valence-corrected chi connectivity index (χ2v) is 12.9. The minimum atomic E-state index is -0.611. The van der Waals surface area contributed by atoms with Gasteiger partial charge in [-0.05, 0) is 80.1 Å². The number of rotatable bonds is 13. The Morgan fingerprint density at radius 1 is 0.812 bits per heavy atom. The maximum Gasteiger partial charge on any atom is 0.327 e. The van der Waals surface area contributed by atoms with Crippen molar-refractivity contribution in [1.82, 2.24) is 20.4 Å². The largest absolute Gasteiger partial charge is 0.497 e. The number of amides is 6. The molecule has 1 saturated heterocycles. The van der Waals surface area contributed by atoms with Crippen LogP contribution in [0.25, 0.3) is 0 Å². The fourth-order valence-electron chi connectivity index (χ4n) is 6.97. The minimum Gasteiger partial charge on any atom is -0.497 e. The summed E-state index contributed by atoms with van der Waals surface area (Å²) in [6.07, 6.45) is 9.62. The van der Waals surface area contributed by atoms with Gasteiger partial charge < -0.3 is 25.6 Å². The number of hydrogen-bond donors (Lipinski definition) is 4. The van der Waals surface area contributed by atoms with E-state index < -0.39 is 12.1 Å². The van der Waals surface area contributed by atoms with Gasteiger partial charge in [-0.25, -0.2) is 14.4 Å². The molecule has 0 spiro atoms. The second kappa shape index (κ2) is 18.1. The molecule has 0 unspecified atom stereocenters. The van der Waals surface area contributed by atoms with E-state index in [9.17, 15) is 14.4 Å². The first-order chi connectivity index (χ1) is 23.5. The summed E-state index contributed by atoms with van der Waals surface area (Å²) in [6.45, 7) is 2.67. The summed E-state index contributed by atoms with van der Waals surface area (Å²) in [5.41, 5.74) is 2.58. The van der Waals surface area contributed by atoms with E-state index >= 15 is 0 Å². The van der Waals surface area contributed by atoms with Crippen LogP contribution in [-0.4, -0.2) is 73.3 Å². The van der Waals surface area contributed by atoms with Crippen LogP contribution in [0.5, 0.6) is 5.75 Å². The molecular weight excluding hydrogens is 604 g/mol. The van der Waals surface area contributed by atoms with Crippen LogP contribution >= 0.6 is 0 Å². The van der Waals surface area contributed by atoms with E-state index in [2.05, 4.69) is 38.3 Å². The number of ether oxygens (including phenoxy) is 1. The predicted molar refractivity (Wildman–Crippen MR) is 190 cm³/mol. The number of carbonyl (C=O) groups excluding carboxylic acids is 3. The fraction of sp³-hybridized carbons (Fsp3) is 0.447. The van der Waals surface area contributed by atoms with Crippen molar-refractivity contribution in [3.8, 4) is 5.75 Å². The maximum atomic E-state index is 14.1. The Balaban J connectivity index is 1.29. The van der Waals surface area contributed by atoms with Gasteiger partial charge in [-0.3, -0.25) is 10.2 Å². The Labute approximate surface area is 284 Å². The van der Waals surface area contributed by atoms with Crippen LogP contribution in [0.4, 0.5) is 25.8 Å². The highest BCUT2D eigenvalue weighted by Gasteiger charge is 2.33. The quantitative estimate of drug-likeness (QED) is 0.157. The van der Waals surface area contributed by atoms with Gasteiger partial charge >= 0.3 is 18.1 Å². The van der Waals surface area contributed by atoms with Crippen LogP contribution < -0.4 is 26.0 Å². The summed E-state index contributed by atoms with van der Waals surface area (Å²) in [4.78, 5) is 44.1. The predicted octanol–water partition coefficient (Wildman–Crippen LogP) is 7.11. The number of benzene rings is 3. The zero-order chi connectivity index (χ0) is 33.6. The lowest BCUT2D eigenvalue weighted by Crippen LogP contribution is -2.54. The summed E-state index contributed by atoms with van der Waals surface area (Å²) in [5, 5.41) is 11.1. The third-order valence-corrected chi connectivity index (χ3v) is 9.57. The molecule has 3 aromatic rings. The minimum absolute atomic E-state index is 0.173. The molecule has 3 aromatic carbocycles. The van der Waals surface area contributed by atoms with E-state index in [1.54, 1.807) is 19.2 Å². The molecule has 1 aliphatic heterocycles. The molecule has 1 aliphatic carbocycles. The molecule has 10 heteroatoms. The van der Waals surface area contributed by atoms with Crippen LogP contribution in [0.15, 0.2) is 84.9 Å². The smallest absolute Gasteiger partial charge is 0.327 e. The molecule has 6 amide bonds. The van der Waals surface area contributed by atoms with Crippen molar-refractivity contribution in [1.29, 1.82) is 0 Å². The molecule has 5 rings (SSSR count). The monoisotopic (exact) mass is 654 g/mol. The number of hydrogen-bond acceptors (Lipinski definition) is 5. The van der Waals surface area contributed by atoms with Crippen molar-refractivity contribution in [2.24, 2.45) is 5.92 Å². The van der Waals surface area contributed by atoms with Gasteiger partial charge in [0.1, 0.15) is 5.75 Å². The van der Waals surface area contributed by atoms with E-state index in [0.717, 1.165) is 63.1 Å². The third-order valence-electron chi connectivity index (χ3n) is 9.57. The van der Waals surface area contributed by atoms with Crippen LogP contribution in [0.3, 0.4) is 0 Å². The first kappa shape index (κ1) is 34.8. The topological polar surface area (TPSA) is 115 Å². The molecule has 0 bridgehead atoms. The number of anilines is 2. The SMILES string of the molecule is COc1ccc(CCN2CCC[C@@H]2CN(C(=O)Nc2ccccc2)[C@@H](CNC(=O)NC(=O)Nc2ccccc2)CC2CCCCC2)cc1. The summed E-state index contributed by atoms with van der Waals surface area (Å²) < 4.78 is 5.32. The molecule has 256 valence electrons. The number of nitrogens with one attached hydrogen (secondary N) is 4. The molecule has 0 radical (unpaired) electrons. The molecular formula is C38H50N6O4. The van der Waals surface area contributed by atoms with Crippen molar-refractivity contribution in [3.05, 3.63) is 90.5 Å². The molecule has 10 nitrogen and oxygen atoms in total. The zero-order valence-electron chi connectivity index (χ0n) is 28.0. The second-order valence-electron chi connectivity index (χ2n) is 12.9. The molecule has 2 fully saturated rings. The average molecular weight is 655 g/mol. The molecule has 0 aromatic heterocycles. The molecule has 2 atom stereocenters. The zero-order valence-corrected chi connectivity index (χ0v) is 28.0. The van der Waals surface area contributed by atoms with Gasteiger partial charge in [-0.2, -0.15) is 0 Å². The van der Waals surface area contributed by atoms with Gasteiger partial charge in [0.05, 0.1) is 13.2 Å². The highest BCUT2D eigenvalue weighted by atomic mass is 16.5. The Morgan fingerprint density at radius 2 is 1.48 bits per heavy atom. The number of methoxy groups -OCH3 is 1. The van der Waals surface area contributed by atoms with E-state index in [4.69, 9.17) is 4.74 Å². The molecule has 1 saturated carbocycles. The number of nitrogens with zero attached hydrogens (tertiary/aromatic N) is 2. The van der Waals surface area contributed by atoms with Gasteiger partial charge in [-0.1, -0.05) is 80.6 Å². The highest BCUT2D eigenvalue weighted by molar-refractivity contribution is 6.00. The van der Waals surface area contributed by atoms with Crippen molar-refractivity contribution in [2.75, 3.05) is 43.9 Å². The third kappa shape index (κ3) is 10.7. The number of urea groups is 3. The van der Waals surface area contributed by atoms with Crippen molar-refractivity contribution < 1.29 is 19.1 Å². The fourth-order valence-corrected chi connectivity index (χ4v) is 6.97. The molecule has 2 aliphatic rings. The van der Waals surface area contributed by atoms with Crippen LogP contribution in [-0.2, 0) is 6.42 Å². The van der Waals surface area contributed by atoms with Crippen molar-refractivity contribution >= 4 is 29.5 Å². The molecule has 4 N–H and O–H groups in total. The summed E-state index contributed by atoms with van der Waals surface area (Å²) >= 11 is 0. The van der Waals surface area contributed by atoms with E-state index in [0.29, 0.717) is 18.2 Å². The van der Waals surface area contributed by atoms with Gasteiger partial charge in [0, 0.05) is 37.1 Å². The first-order valence-corrected chi connectivity index (χ1v) is 17.4. The van der Waals surface area contributed by atoms with Crippen molar-refractivity contribution in [3.63, 3.8) is 0 Å². The maximum absolute atomic E-state index is 14.1. The lowest BCUT2D eigenvalue weighted by molar-refractivity contribution is 0.133. The Morgan fingerprint density at radius 3 is 2.15 bits per heavy atom. The van der Waals surface area contributed by atoms with Gasteiger partial charge in [0.25, 0.3) is 0 Å². The first-order valence-electron chi connectivity index (χ1n) is 17.4. The summed E-state index contributed by atoms with van der Waals surface area (Å²) in [6, 6.07) is 25.3. The Bertz CT molecular complexity index is 1430. The van der Waals surface area contributed by atoms with E-state index in [1.165, 1.54) is 24.8 Å². The van der Waals surface area contributed by atoms with E-state index in [1.807, 2.05) is 65.6 Å². The number of para-hydroxylation sites is 2. The lowest BCUT2D eigenvalue weighted by atomic mass is 9.84. The van der Waals surface area contributed by atoms with Crippen LogP contribution in [0.2, 0.25) is 0 Å². The van der Waals surface area contributed by atoms with Crippen molar-refractivity contribution in [2.45, 2.75) is 69.9 Å². The molecule has 1 heterocycles. The van der Waals surface area contributed by atoms with Crippen LogP contribution in [0.1, 0.15) is 56.9 Å². The lowest BCUT2D eigenvalue weighted by Gasteiger charge is -2.38. The summed E-state index contributed by atoms with van der Waals surface area (Å²) in [5.74, 6) is 1.32. The van der Waals surface area contributed by atoms with Crippen LogP contribution in [0, 0.1) is 5.92 Å². The number of carbonyl (C=O) groups is 3. The highest BCUT2D eigenvalue weighted by Crippen LogP contribution is 2.30. The van der Waals surface area contributed by atoms with Gasteiger partial charge in [0.15, 0.2) is 0 Å². The number of imide groups is 1. The molecule has 48 heavy (non-hydrogen) atoms. The average Bonchev–Trinajstić information content (AvgIpc) is 3.56. The normalized spacial score (nSPS) is 17.2. The van der Waals surface area contributed by atoms with Gasteiger partial charge in [0.2, 0.25) is 0 Å². The summed E-state index contributed by atoms with van der Waals surface area (Å²) in [7, 11) is 1.68. The standard InChI is InChI=1S/C38H50N6O4/c1-48-35-21-19-29(20-22-35)23-25-43-24-11-18-33(43)28-44(38(47)41-32-16-9-4-10-17-32)34(26-30-12-5-2-6-13-30)27-39-36(45)42-37(46)40-31-14-7-3-8-15-31/h3-4,7-10,14-17,19-22,30,33-34H,2,5-6,11-13,18,23-28H2,1H3,(H,41,47)(H3,39,40,42,45,46)/t33-,34-/m1/s1. The Kier molecular flexibility index (Phi) is 13.1. The Hall–Kier alpha value is -4.57. The van der Waals surface area contributed by atoms with E-state index in [-0.39, 0.29) is 24.7 Å².